The van der Waals surface area contributed by atoms with Crippen LogP contribution in [0.3, 0.4) is 0 Å². The van der Waals surface area contributed by atoms with E-state index in [1.807, 2.05) is 20.0 Å². The van der Waals surface area contributed by atoms with Crippen LogP contribution in [-0.2, 0) is 4.74 Å². The Balaban J connectivity index is 3.15. The molecule has 16 heavy (non-hydrogen) atoms. The average molecular weight is 223 g/mol. The maximum Gasteiger partial charge on any atom is 0.160 e. The number of ether oxygens (including phenoxy) is 1. The number of methoxy groups -OCH3 is 1. The van der Waals surface area contributed by atoms with E-state index in [9.17, 15) is 0 Å². The zero-order valence-corrected chi connectivity index (χ0v) is 11.0. The third-order valence-electron chi connectivity index (χ3n) is 2.38. The molecule has 0 spiro atoms. The van der Waals surface area contributed by atoms with Crippen molar-refractivity contribution in [3.05, 3.63) is 17.6 Å². The number of nitrogens with one attached hydrogen (secondary N) is 1. The second-order valence-electron chi connectivity index (χ2n) is 4.98. The highest BCUT2D eigenvalue weighted by molar-refractivity contribution is 5.35. The standard InChI is InChI=1S/C12H21N3O/c1-8-7-9(13-5)15-11(14-8)10(16-6)12(2,3)4/h7,10H,1-6H3,(H,13,14,15). The number of anilines is 1. The van der Waals surface area contributed by atoms with Gasteiger partial charge in [0.25, 0.3) is 0 Å². The van der Waals surface area contributed by atoms with E-state index in [4.69, 9.17) is 4.74 Å². The van der Waals surface area contributed by atoms with Crippen molar-refractivity contribution < 1.29 is 4.74 Å². The van der Waals surface area contributed by atoms with Crippen LogP contribution in [0.1, 0.15) is 38.4 Å². The van der Waals surface area contributed by atoms with Crippen LogP contribution in [0, 0.1) is 12.3 Å². The first-order valence-electron chi connectivity index (χ1n) is 5.44. The van der Waals surface area contributed by atoms with Gasteiger partial charge < -0.3 is 10.1 Å². The van der Waals surface area contributed by atoms with Crippen LogP contribution in [0.2, 0.25) is 0 Å². The third kappa shape index (κ3) is 2.92. The Hall–Kier alpha value is -1.16. The van der Waals surface area contributed by atoms with Gasteiger partial charge in [-0.2, -0.15) is 0 Å². The zero-order valence-electron chi connectivity index (χ0n) is 11.0. The van der Waals surface area contributed by atoms with Gasteiger partial charge in [-0.15, -0.1) is 0 Å². The molecule has 1 unspecified atom stereocenters. The summed E-state index contributed by atoms with van der Waals surface area (Å²) in [7, 11) is 3.55. The summed E-state index contributed by atoms with van der Waals surface area (Å²) in [5.74, 6) is 1.56. The molecule has 0 radical (unpaired) electrons. The maximum absolute atomic E-state index is 5.50. The van der Waals surface area contributed by atoms with E-state index in [1.54, 1.807) is 7.11 Å². The van der Waals surface area contributed by atoms with Crippen LogP contribution in [0.25, 0.3) is 0 Å². The minimum absolute atomic E-state index is 0.0203. The van der Waals surface area contributed by atoms with E-state index in [-0.39, 0.29) is 11.5 Å². The fourth-order valence-corrected chi connectivity index (χ4v) is 1.68. The van der Waals surface area contributed by atoms with Crippen molar-refractivity contribution in [1.29, 1.82) is 0 Å². The molecule has 0 amide bonds. The van der Waals surface area contributed by atoms with Gasteiger partial charge in [0.2, 0.25) is 0 Å². The molecule has 4 heteroatoms. The van der Waals surface area contributed by atoms with E-state index >= 15 is 0 Å². The quantitative estimate of drug-likeness (QED) is 0.855. The highest BCUT2D eigenvalue weighted by Gasteiger charge is 2.28. The SMILES string of the molecule is CNc1cc(C)nc(C(OC)C(C)(C)C)n1. The molecule has 0 aromatic carbocycles. The van der Waals surface area contributed by atoms with Crippen LogP contribution < -0.4 is 5.32 Å². The summed E-state index contributed by atoms with van der Waals surface area (Å²) in [4.78, 5) is 8.89. The molecule has 90 valence electrons. The molecular weight excluding hydrogens is 202 g/mol. The molecule has 0 aliphatic heterocycles. The topological polar surface area (TPSA) is 47.0 Å². The number of rotatable bonds is 3. The molecule has 0 bridgehead atoms. The fourth-order valence-electron chi connectivity index (χ4n) is 1.68. The van der Waals surface area contributed by atoms with Crippen molar-refractivity contribution >= 4 is 5.82 Å². The van der Waals surface area contributed by atoms with Crippen LogP contribution in [0.15, 0.2) is 6.07 Å². The van der Waals surface area contributed by atoms with Crippen LogP contribution in [0.4, 0.5) is 5.82 Å². The minimum Gasteiger partial charge on any atom is -0.373 e. The summed E-state index contributed by atoms with van der Waals surface area (Å²) >= 11 is 0. The van der Waals surface area contributed by atoms with Gasteiger partial charge in [-0.05, 0) is 12.3 Å². The minimum atomic E-state index is -0.0977. The van der Waals surface area contributed by atoms with E-state index in [1.165, 1.54) is 0 Å². The second-order valence-corrected chi connectivity index (χ2v) is 4.98. The predicted molar refractivity (Wildman–Crippen MR) is 65.5 cm³/mol. The van der Waals surface area contributed by atoms with Crippen LogP contribution in [0.5, 0.6) is 0 Å². The number of nitrogens with zero attached hydrogens (tertiary/aromatic N) is 2. The van der Waals surface area contributed by atoms with Gasteiger partial charge in [0.15, 0.2) is 5.82 Å². The van der Waals surface area contributed by atoms with E-state index in [0.717, 1.165) is 17.3 Å². The molecule has 1 rings (SSSR count). The summed E-state index contributed by atoms with van der Waals surface area (Å²) < 4.78 is 5.50. The van der Waals surface area contributed by atoms with Crippen molar-refractivity contribution in [1.82, 2.24) is 9.97 Å². The van der Waals surface area contributed by atoms with Crippen LogP contribution >= 0.6 is 0 Å². The van der Waals surface area contributed by atoms with E-state index < -0.39 is 0 Å². The molecule has 0 saturated carbocycles. The maximum atomic E-state index is 5.50. The normalized spacial score (nSPS) is 13.6. The molecular formula is C12H21N3O. The smallest absolute Gasteiger partial charge is 0.160 e. The lowest BCUT2D eigenvalue weighted by atomic mass is 9.88. The second kappa shape index (κ2) is 4.78. The fraction of sp³-hybridized carbons (Fsp3) is 0.667. The first-order chi connectivity index (χ1) is 7.38. The molecule has 0 aliphatic carbocycles. The Morgan fingerprint density at radius 3 is 2.38 bits per heavy atom. The van der Waals surface area contributed by atoms with E-state index in [2.05, 4.69) is 36.1 Å². The predicted octanol–water partition coefficient (Wildman–Crippen LogP) is 2.56. The molecule has 0 aliphatic rings. The highest BCUT2D eigenvalue weighted by atomic mass is 16.5. The lowest BCUT2D eigenvalue weighted by Crippen LogP contribution is -2.23. The first kappa shape index (κ1) is 12.9. The van der Waals surface area contributed by atoms with E-state index in [0.29, 0.717) is 0 Å². The molecule has 0 saturated heterocycles. The lowest BCUT2D eigenvalue weighted by Gasteiger charge is -2.28. The molecule has 0 fully saturated rings. The Morgan fingerprint density at radius 1 is 1.31 bits per heavy atom. The van der Waals surface area contributed by atoms with Gasteiger partial charge >= 0.3 is 0 Å². The van der Waals surface area contributed by atoms with Gasteiger partial charge in [0.1, 0.15) is 11.9 Å². The Bertz CT molecular complexity index is 358. The third-order valence-corrected chi connectivity index (χ3v) is 2.38. The van der Waals surface area contributed by atoms with Gasteiger partial charge in [-0.25, -0.2) is 9.97 Å². The Kier molecular flexibility index (Phi) is 3.86. The van der Waals surface area contributed by atoms with Gasteiger partial charge in [0, 0.05) is 25.9 Å². The first-order valence-corrected chi connectivity index (χ1v) is 5.44. The summed E-state index contributed by atoms with van der Waals surface area (Å²) in [5, 5.41) is 3.03. The highest BCUT2D eigenvalue weighted by Crippen LogP contribution is 2.33. The molecule has 1 heterocycles. The molecule has 4 nitrogen and oxygen atoms in total. The van der Waals surface area contributed by atoms with Gasteiger partial charge in [-0.3, -0.25) is 0 Å². The molecule has 1 aromatic rings. The lowest BCUT2D eigenvalue weighted by molar-refractivity contribution is 0.00866. The molecule has 1 N–H and O–H groups in total. The molecule has 1 aromatic heterocycles. The Labute approximate surface area is 97.5 Å². The van der Waals surface area contributed by atoms with Gasteiger partial charge in [0.05, 0.1) is 0 Å². The summed E-state index contributed by atoms with van der Waals surface area (Å²) in [6, 6.07) is 1.92. The Morgan fingerprint density at radius 2 is 1.94 bits per heavy atom. The number of hydrogen-bond acceptors (Lipinski definition) is 4. The number of hydrogen-bond donors (Lipinski definition) is 1. The zero-order chi connectivity index (χ0) is 12.3. The molecule has 1 atom stereocenters. The van der Waals surface area contributed by atoms with Crippen molar-refractivity contribution in [2.24, 2.45) is 5.41 Å². The van der Waals surface area contributed by atoms with Crippen molar-refractivity contribution in [3.63, 3.8) is 0 Å². The monoisotopic (exact) mass is 223 g/mol. The number of aromatic nitrogens is 2. The van der Waals surface area contributed by atoms with Crippen molar-refractivity contribution in [3.8, 4) is 0 Å². The van der Waals surface area contributed by atoms with Crippen molar-refractivity contribution in [2.75, 3.05) is 19.5 Å². The summed E-state index contributed by atoms with van der Waals surface area (Å²) in [6.45, 7) is 8.31. The van der Waals surface area contributed by atoms with Crippen molar-refractivity contribution in [2.45, 2.75) is 33.8 Å². The summed E-state index contributed by atoms with van der Waals surface area (Å²) in [6.07, 6.45) is -0.0977. The average Bonchev–Trinajstić information content (AvgIpc) is 2.15. The summed E-state index contributed by atoms with van der Waals surface area (Å²) in [5.41, 5.74) is 0.925. The largest absolute Gasteiger partial charge is 0.373 e. The number of aryl methyl sites for hydroxylation is 1. The van der Waals surface area contributed by atoms with Crippen LogP contribution in [-0.4, -0.2) is 24.1 Å². The van der Waals surface area contributed by atoms with Gasteiger partial charge in [-0.1, -0.05) is 20.8 Å².